The standard InChI is InChI=1S/C16H23N3O6/c1-16(2,3)25-15(24)19-6-4-18(5-7-19)14(23)17-10-8-11(20)13(22)12(21)9-10/h8-9,20-22H,4-7H2,1-3H3,(H,17,23). The third kappa shape index (κ3) is 4.82. The van der Waals surface area contributed by atoms with E-state index in [-0.39, 0.29) is 5.69 Å². The fourth-order valence-corrected chi connectivity index (χ4v) is 2.30. The number of rotatable bonds is 1. The van der Waals surface area contributed by atoms with Crippen LogP contribution in [0.25, 0.3) is 0 Å². The Bertz CT molecular complexity index is 639. The Labute approximate surface area is 145 Å². The van der Waals surface area contributed by atoms with Gasteiger partial charge in [0.2, 0.25) is 0 Å². The average Bonchev–Trinajstić information content (AvgIpc) is 2.51. The van der Waals surface area contributed by atoms with Crippen molar-refractivity contribution in [1.82, 2.24) is 9.80 Å². The predicted octanol–water partition coefficient (Wildman–Crippen LogP) is 1.89. The molecule has 0 bridgehead atoms. The molecule has 1 aromatic carbocycles. The van der Waals surface area contributed by atoms with Crippen LogP contribution in [-0.2, 0) is 4.74 Å². The van der Waals surface area contributed by atoms with E-state index < -0.39 is 35.0 Å². The molecule has 1 saturated heterocycles. The van der Waals surface area contributed by atoms with Crippen LogP contribution < -0.4 is 5.32 Å². The number of ether oxygens (including phenoxy) is 1. The monoisotopic (exact) mass is 353 g/mol. The van der Waals surface area contributed by atoms with Crippen LogP contribution in [0.4, 0.5) is 15.3 Å². The number of urea groups is 1. The molecule has 0 unspecified atom stereocenters. The molecule has 0 aromatic heterocycles. The summed E-state index contributed by atoms with van der Waals surface area (Å²) in [7, 11) is 0. The van der Waals surface area contributed by atoms with Gasteiger partial charge >= 0.3 is 12.1 Å². The molecule has 4 N–H and O–H groups in total. The number of phenolic OH excluding ortho intramolecular Hbond substituents is 3. The fourth-order valence-electron chi connectivity index (χ4n) is 2.30. The van der Waals surface area contributed by atoms with Crippen LogP contribution in [0.5, 0.6) is 17.2 Å². The van der Waals surface area contributed by atoms with Gasteiger partial charge in [-0.1, -0.05) is 0 Å². The number of nitrogens with one attached hydrogen (secondary N) is 1. The molecule has 3 amide bonds. The second kappa shape index (κ2) is 6.96. The highest BCUT2D eigenvalue weighted by Crippen LogP contribution is 2.37. The van der Waals surface area contributed by atoms with E-state index in [0.717, 1.165) is 12.1 Å². The minimum Gasteiger partial charge on any atom is -0.504 e. The lowest BCUT2D eigenvalue weighted by Crippen LogP contribution is -2.52. The highest BCUT2D eigenvalue weighted by atomic mass is 16.6. The van der Waals surface area contributed by atoms with Gasteiger partial charge in [-0.2, -0.15) is 0 Å². The van der Waals surface area contributed by atoms with E-state index >= 15 is 0 Å². The Balaban J connectivity index is 1.90. The maximum Gasteiger partial charge on any atom is 0.410 e. The van der Waals surface area contributed by atoms with Crippen molar-refractivity contribution < 1.29 is 29.6 Å². The largest absolute Gasteiger partial charge is 0.504 e. The first-order valence-electron chi connectivity index (χ1n) is 7.85. The second-order valence-electron chi connectivity index (χ2n) is 6.75. The van der Waals surface area contributed by atoms with Crippen LogP contribution in [0.15, 0.2) is 12.1 Å². The first-order chi connectivity index (χ1) is 11.6. The molecule has 2 rings (SSSR count). The molecule has 1 aliphatic heterocycles. The van der Waals surface area contributed by atoms with Crippen molar-refractivity contribution in [3.8, 4) is 17.2 Å². The summed E-state index contributed by atoms with van der Waals surface area (Å²) in [6, 6.07) is 1.82. The normalized spacial score (nSPS) is 15.0. The number of nitrogens with zero attached hydrogens (tertiary/aromatic N) is 2. The van der Waals surface area contributed by atoms with Crippen LogP contribution in [-0.4, -0.2) is 69.0 Å². The zero-order chi connectivity index (χ0) is 18.8. The Morgan fingerprint density at radius 1 is 1.00 bits per heavy atom. The molecule has 9 nitrogen and oxygen atoms in total. The van der Waals surface area contributed by atoms with E-state index in [2.05, 4.69) is 5.32 Å². The molecule has 0 saturated carbocycles. The Hall–Kier alpha value is -2.84. The molecule has 0 radical (unpaired) electrons. The minimum atomic E-state index is -0.649. The van der Waals surface area contributed by atoms with Gasteiger partial charge in [0.15, 0.2) is 17.2 Å². The number of hydrogen-bond donors (Lipinski definition) is 4. The topological polar surface area (TPSA) is 123 Å². The quantitative estimate of drug-likeness (QED) is 0.452. The first kappa shape index (κ1) is 18.5. The number of benzene rings is 1. The Morgan fingerprint density at radius 3 is 1.96 bits per heavy atom. The fraction of sp³-hybridized carbons (Fsp3) is 0.500. The molecule has 1 heterocycles. The van der Waals surface area contributed by atoms with Gasteiger partial charge < -0.3 is 35.2 Å². The average molecular weight is 353 g/mol. The zero-order valence-corrected chi connectivity index (χ0v) is 14.4. The van der Waals surface area contributed by atoms with Crippen LogP contribution in [0.1, 0.15) is 20.8 Å². The summed E-state index contributed by atoms with van der Waals surface area (Å²) in [5.41, 5.74) is -0.429. The minimum absolute atomic E-state index is 0.146. The summed E-state index contributed by atoms with van der Waals surface area (Å²) < 4.78 is 5.29. The van der Waals surface area contributed by atoms with Crippen LogP contribution >= 0.6 is 0 Å². The zero-order valence-electron chi connectivity index (χ0n) is 14.4. The molecule has 9 heteroatoms. The third-order valence-electron chi connectivity index (χ3n) is 3.54. The number of hydrogen-bond acceptors (Lipinski definition) is 6. The van der Waals surface area contributed by atoms with Crippen molar-refractivity contribution in [2.75, 3.05) is 31.5 Å². The molecular formula is C16H23N3O6. The summed E-state index contributed by atoms with van der Waals surface area (Å²) in [6.07, 6.45) is -0.416. The summed E-state index contributed by atoms with van der Waals surface area (Å²) in [5.74, 6) is -1.72. The number of aromatic hydroxyl groups is 3. The van der Waals surface area contributed by atoms with E-state index in [1.165, 1.54) is 9.80 Å². The van der Waals surface area contributed by atoms with E-state index in [1.807, 2.05) is 0 Å². The number of carbonyl (C=O) groups excluding carboxylic acids is 2. The Morgan fingerprint density at radius 2 is 1.48 bits per heavy atom. The molecule has 0 spiro atoms. The summed E-state index contributed by atoms with van der Waals surface area (Å²) >= 11 is 0. The number of carbonyl (C=O) groups is 2. The smallest absolute Gasteiger partial charge is 0.410 e. The Kier molecular flexibility index (Phi) is 5.15. The SMILES string of the molecule is CC(C)(C)OC(=O)N1CCN(C(=O)Nc2cc(O)c(O)c(O)c2)CC1. The van der Waals surface area contributed by atoms with Gasteiger partial charge in [-0.25, -0.2) is 9.59 Å². The van der Waals surface area contributed by atoms with Gasteiger partial charge in [0.25, 0.3) is 0 Å². The highest BCUT2D eigenvalue weighted by Gasteiger charge is 2.27. The summed E-state index contributed by atoms with van der Waals surface area (Å²) in [4.78, 5) is 27.3. The van der Waals surface area contributed by atoms with Crippen molar-refractivity contribution >= 4 is 17.8 Å². The van der Waals surface area contributed by atoms with Gasteiger partial charge in [0.05, 0.1) is 5.69 Å². The molecule has 0 atom stereocenters. The van der Waals surface area contributed by atoms with Crippen molar-refractivity contribution in [3.63, 3.8) is 0 Å². The molecule has 1 aromatic rings. The van der Waals surface area contributed by atoms with Crippen LogP contribution in [0.3, 0.4) is 0 Å². The van der Waals surface area contributed by atoms with Gasteiger partial charge in [0.1, 0.15) is 5.60 Å². The number of amides is 3. The van der Waals surface area contributed by atoms with Crippen LogP contribution in [0, 0.1) is 0 Å². The van der Waals surface area contributed by atoms with E-state index in [9.17, 15) is 24.9 Å². The highest BCUT2D eigenvalue weighted by molar-refractivity contribution is 5.90. The van der Waals surface area contributed by atoms with Crippen molar-refractivity contribution in [3.05, 3.63) is 12.1 Å². The van der Waals surface area contributed by atoms with Crippen molar-refractivity contribution in [2.45, 2.75) is 26.4 Å². The third-order valence-corrected chi connectivity index (χ3v) is 3.54. The summed E-state index contributed by atoms with van der Waals surface area (Å²) in [6.45, 7) is 6.69. The lowest BCUT2D eigenvalue weighted by atomic mass is 10.2. The number of anilines is 1. The second-order valence-corrected chi connectivity index (χ2v) is 6.75. The predicted molar refractivity (Wildman–Crippen MR) is 89.8 cm³/mol. The van der Waals surface area contributed by atoms with Crippen molar-refractivity contribution in [2.24, 2.45) is 0 Å². The number of piperazine rings is 1. The van der Waals surface area contributed by atoms with Crippen LogP contribution in [0.2, 0.25) is 0 Å². The van der Waals surface area contributed by atoms with Gasteiger partial charge in [-0.3, -0.25) is 0 Å². The number of phenols is 3. The lowest BCUT2D eigenvalue weighted by molar-refractivity contribution is 0.0174. The maximum absolute atomic E-state index is 12.2. The van der Waals surface area contributed by atoms with E-state index in [4.69, 9.17) is 4.74 Å². The summed E-state index contributed by atoms with van der Waals surface area (Å²) in [5, 5.41) is 30.7. The maximum atomic E-state index is 12.2. The van der Waals surface area contributed by atoms with E-state index in [1.54, 1.807) is 20.8 Å². The molecule has 1 aliphatic rings. The molecule has 1 fully saturated rings. The molecule has 0 aliphatic carbocycles. The van der Waals surface area contributed by atoms with Gasteiger partial charge in [-0.15, -0.1) is 0 Å². The molecule has 138 valence electrons. The van der Waals surface area contributed by atoms with Gasteiger partial charge in [0, 0.05) is 38.3 Å². The molecule has 25 heavy (non-hydrogen) atoms. The lowest BCUT2D eigenvalue weighted by Gasteiger charge is -2.35. The van der Waals surface area contributed by atoms with Crippen molar-refractivity contribution in [1.29, 1.82) is 0 Å². The molecular weight excluding hydrogens is 330 g/mol. The van der Waals surface area contributed by atoms with Gasteiger partial charge in [-0.05, 0) is 20.8 Å². The first-order valence-corrected chi connectivity index (χ1v) is 7.85. The van der Waals surface area contributed by atoms with E-state index in [0.29, 0.717) is 26.2 Å².